The summed E-state index contributed by atoms with van der Waals surface area (Å²) in [7, 11) is 0. The maximum atomic E-state index is 13.4. The van der Waals surface area contributed by atoms with E-state index in [1.54, 1.807) is 4.90 Å². The molecule has 0 saturated carbocycles. The molecule has 2 N–H and O–H groups in total. The molecule has 0 spiro atoms. The van der Waals surface area contributed by atoms with E-state index >= 15 is 0 Å². The van der Waals surface area contributed by atoms with E-state index in [9.17, 15) is 19.1 Å². The Morgan fingerprint density at radius 2 is 2.26 bits per heavy atom. The number of carbonyl (C=O) groups excluding carboxylic acids is 2. The largest absolute Gasteiger partial charge is 0.387 e. The number of carbonyl (C=O) groups is 2. The third-order valence-corrected chi connectivity index (χ3v) is 4.28. The molecule has 2 unspecified atom stereocenters. The molecule has 1 aromatic rings. The van der Waals surface area contributed by atoms with Gasteiger partial charge < -0.3 is 15.3 Å². The zero-order valence-electron chi connectivity index (χ0n) is 12.9. The van der Waals surface area contributed by atoms with Crippen LogP contribution in [0.1, 0.15) is 37.9 Å². The van der Waals surface area contributed by atoms with E-state index in [0.717, 1.165) is 12.5 Å². The lowest BCUT2D eigenvalue weighted by Gasteiger charge is -2.26. The molecule has 2 atom stereocenters. The summed E-state index contributed by atoms with van der Waals surface area (Å²) < 4.78 is 13.4. The van der Waals surface area contributed by atoms with E-state index in [0.29, 0.717) is 24.9 Å². The normalized spacial score (nSPS) is 17.2. The minimum atomic E-state index is -1.04. The molecule has 23 heavy (non-hydrogen) atoms. The third-order valence-electron chi connectivity index (χ3n) is 3.97. The van der Waals surface area contributed by atoms with Gasteiger partial charge in [-0.2, -0.15) is 0 Å². The SMILES string of the molecule is CCC(C(=O)NCC(O)c1ccc(Cl)c(F)c1)N1CCCC1=O. The quantitative estimate of drug-likeness (QED) is 0.831. The summed E-state index contributed by atoms with van der Waals surface area (Å²) in [6.45, 7) is 2.36. The van der Waals surface area contributed by atoms with Crippen LogP contribution in [0, 0.1) is 5.82 Å². The summed E-state index contributed by atoms with van der Waals surface area (Å²) in [6.07, 6.45) is 0.687. The van der Waals surface area contributed by atoms with Gasteiger partial charge in [-0.15, -0.1) is 0 Å². The van der Waals surface area contributed by atoms with Crippen LogP contribution in [0.2, 0.25) is 5.02 Å². The van der Waals surface area contributed by atoms with Gasteiger partial charge in [0.05, 0.1) is 11.1 Å². The van der Waals surface area contributed by atoms with Crippen LogP contribution in [0.15, 0.2) is 18.2 Å². The average Bonchev–Trinajstić information content (AvgIpc) is 2.94. The van der Waals surface area contributed by atoms with Gasteiger partial charge in [0.1, 0.15) is 11.9 Å². The lowest BCUT2D eigenvalue weighted by Crippen LogP contribution is -2.47. The number of rotatable bonds is 6. The predicted octanol–water partition coefficient (Wildman–Crippen LogP) is 2.03. The smallest absolute Gasteiger partial charge is 0.242 e. The first-order valence-electron chi connectivity index (χ1n) is 7.64. The first-order chi connectivity index (χ1) is 10.9. The van der Waals surface area contributed by atoms with Gasteiger partial charge in [0.15, 0.2) is 0 Å². The number of likely N-dealkylation sites (tertiary alicyclic amines) is 1. The summed E-state index contributed by atoms with van der Waals surface area (Å²) in [5.41, 5.74) is 0.331. The number of benzene rings is 1. The zero-order valence-corrected chi connectivity index (χ0v) is 13.6. The van der Waals surface area contributed by atoms with Crippen molar-refractivity contribution in [2.45, 2.75) is 38.3 Å². The zero-order chi connectivity index (χ0) is 17.0. The van der Waals surface area contributed by atoms with E-state index < -0.39 is 18.0 Å². The van der Waals surface area contributed by atoms with Gasteiger partial charge in [0.25, 0.3) is 0 Å². The van der Waals surface area contributed by atoms with E-state index in [4.69, 9.17) is 11.6 Å². The number of nitrogens with zero attached hydrogens (tertiary/aromatic N) is 1. The number of aliphatic hydroxyl groups excluding tert-OH is 1. The monoisotopic (exact) mass is 342 g/mol. The highest BCUT2D eigenvalue weighted by Crippen LogP contribution is 2.20. The van der Waals surface area contributed by atoms with Crippen LogP contribution < -0.4 is 5.32 Å². The molecule has 0 radical (unpaired) electrons. The van der Waals surface area contributed by atoms with Crippen LogP contribution in [0.5, 0.6) is 0 Å². The van der Waals surface area contributed by atoms with Gasteiger partial charge in [-0.3, -0.25) is 9.59 Å². The molecular weight excluding hydrogens is 323 g/mol. The summed E-state index contributed by atoms with van der Waals surface area (Å²) in [6, 6.07) is 3.47. The van der Waals surface area contributed by atoms with Crippen molar-refractivity contribution < 1.29 is 19.1 Å². The maximum Gasteiger partial charge on any atom is 0.242 e. The highest BCUT2D eigenvalue weighted by atomic mass is 35.5. The number of halogens is 2. The predicted molar refractivity (Wildman–Crippen MR) is 84.4 cm³/mol. The Hall–Kier alpha value is -1.66. The van der Waals surface area contributed by atoms with Crippen LogP contribution in [0.3, 0.4) is 0 Å². The van der Waals surface area contributed by atoms with Crippen molar-refractivity contribution in [3.8, 4) is 0 Å². The van der Waals surface area contributed by atoms with Crippen LogP contribution in [0.4, 0.5) is 4.39 Å². The lowest BCUT2D eigenvalue weighted by atomic mass is 10.1. The van der Waals surface area contributed by atoms with Gasteiger partial charge in [0.2, 0.25) is 11.8 Å². The average molecular weight is 343 g/mol. The van der Waals surface area contributed by atoms with Gasteiger partial charge in [-0.25, -0.2) is 4.39 Å². The molecule has 2 amide bonds. The second-order valence-corrected chi connectivity index (χ2v) is 5.96. The van der Waals surface area contributed by atoms with Crippen LogP contribution in [-0.2, 0) is 9.59 Å². The molecule has 2 rings (SSSR count). The molecule has 1 aliphatic heterocycles. The van der Waals surface area contributed by atoms with Crippen LogP contribution in [-0.4, -0.2) is 41.0 Å². The van der Waals surface area contributed by atoms with Crippen molar-refractivity contribution in [2.24, 2.45) is 0 Å². The van der Waals surface area contributed by atoms with Gasteiger partial charge in [-0.05, 0) is 30.5 Å². The Labute approximate surface area is 139 Å². The summed E-state index contributed by atoms with van der Waals surface area (Å²) >= 11 is 5.60. The Balaban J connectivity index is 1.94. The highest BCUT2D eigenvalue weighted by Gasteiger charge is 2.31. The molecule has 1 heterocycles. The highest BCUT2D eigenvalue weighted by molar-refractivity contribution is 6.30. The maximum absolute atomic E-state index is 13.4. The summed E-state index contributed by atoms with van der Waals surface area (Å²) in [5.74, 6) is -0.952. The summed E-state index contributed by atoms with van der Waals surface area (Å²) in [4.78, 5) is 25.6. The fourth-order valence-electron chi connectivity index (χ4n) is 2.70. The van der Waals surface area contributed by atoms with E-state index in [1.165, 1.54) is 12.1 Å². The van der Waals surface area contributed by atoms with Gasteiger partial charge in [0, 0.05) is 19.5 Å². The van der Waals surface area contributed by atoms with Crippen molar-refractivity contribution in [1.29, 1.82) is 0 Å². The van der Waals surface area contributed by atoms with Crippen molar-refractivity contribution in [2.75, 3.05) is 13.1 Å². The lowest BCUT2D eigenvalue weighted by molar-refractivity contribution is -0.137. The number of nitrogens with one attached hydrogen (secondary N) is 1. The molecule has 1 saturated heterocycles. The molecule has 0 bridgehead atoms. The van der Waals surface area contributed by atoms with Crippen LogP contribution >= 0.6 is 11.6 Å². The fraction of sp³-hybridized carbons (Fsp3) is 0.500. The van der Waals surface area contributed by atoms with Crippen molar-refractivity contribution in [3.05, 3.63) is 34.6 Å². The third kappa shape index (κ3) is 4.20. The second kappa shape index (κ2) is 7.75. The van der Waals surface area contributed by atoms with Crippen molar-refractivity contribution >= 4 is 23.4 Å². The van der Waals surface area contributed by atoms with Crippen molar-refractivity contribution in [1.82, 2.24) is 10.2 Å². The number of aliphatic hydroxyl groups is 1. The minimum Gasteiger partial charge on any atom is -0.387 e. The molecule has 1 aromatic carbocycles. The Morgan fingerprint density at radius 3 is 2.83 bits per heavy atom. The molecule has 5 nitrogen and oxygen atoms in total. The van der Waals surface area contributed by atoms with E-state index in [-0.39, 0.29) is 23.4 Å². The minimum absolute atomic E-state index is 0.0210. The Morgan fingerprint density at radius 1 is 1.52 bits per heavy atom. The number of hydrogen-bond acceptors (Lipinski definition) is 3. The fourth-order valence-corrected chi connectivity index (χ4v) is 2.82. The first-order valence-corrected chi connectivity index (χ1v) is 8.02. The van der Waals surface area contributed by atoms with Crippen molar-refractivity contribution in [3.63, 3.8) is 0 Å². The first kappa shape index (κ1) is 17.7. The Kier molecular flexibility index (Phi) is 5.96. The number of hydrogen-bond donors (Lipinski definition) is 2. The Bertz CT molecular complexity index is 597. The van der Waals surface area contributed by atoms with Crippen LogP contribution in [0.25, 0.3) is 0 Å². The molecule has 126 valence electrons. The molecule has 0 aromatic heterocycles. The second-order valence-electron chi connectivity index (χ2n) is 5.55. The molecule has 1 fully saturated rings. The molecule has 0 aliphatic carbocycles. The van der Waals surface area contributed by atoms with E-state index in [1.807, 2.05) is 6.92 Å². The van der Waals surface area contributed by atoms with E-state index in [2.05, 4.69) is 5.32 Å². The standard InChI is InChI=1S/C16H20ClFN2O3/c1-2-13(20-7-3-4-15(20)22)16(23)19-9-14(21)10-5-6-11(17)12(18)8-10/h5-6,8,13-14,21H,2-4,7,9H2,1H3,(H,19,23). The van der Waals surface area contributed by atoms with Gasteiger partial charge >= 0.3 is 0 Å². The number of amides is 2. The summed E-state index contributed by atoms with van der Waals surface area (Å²) in [5, 5.41) is 12.7. The molecule has 7 heteroatoms. The molecular formula is C16H20ClFN2O3. The topological polar surface area (TPSA) is 69.6 Å². The van der Waals surface area contributed by atoms with Gasteiger partial charge in [-0.1, -0.05) is 24.6 Å². The molecule has 1 aliphatic rings.